The Hall–Kier alpha value is -1.11. The Kier molecular flexibility index (Phi) is 2.32. The second-order valence-electron chi connectivity index (χ2n) is 2.66. The molecular formula is C8H8F2O2. The van der Waals surface area contributed by atoms with Crippen LogP contribution in [0.5, 0.6) is 0 Å². The fraction of sp³-hybridized carbons (Fsp3) is 0.625. The molecule has 1 atom stereocenters. The van der Waals surface area contributed by atoms with Crippen molar-refractivity contribution in [2.75, 3.05) is 6.61 Å². The Balaban J connectivity index is 2.39. The summed E-state index contributed by atoms with van der Waals surface area (Å²) >= 11 is 0. The number of carbonyl (C=O) groups excluding carboxylic acids is 1. The smallest absolute Gasteiger partial charge is 0.316 e. The number of rotatable bonds is 2. The number of alkyl halides is 2. The topological polar surface area (TPSA) is 26.3 Å². The molecule has 1 unspecified atom stereocenters. The summed E-state index contributed by atoms with van der Waals surface area (Å²) in [5, 5.41) is 0. The zero-order valence-corrected chi connectivity index (χ0v) is 6.35. The van der Waals surface area contributed by atoms with E-state index in [2.05, 4.69) is 4.74 Å². The predicted molar refractivity (Wildman–Crippen MR) is 37.5 cm³/mol. The number of esters is 1. The van der Waals surface area contributed by atoms with Gasteiger partial charge in [-0.25, -0.2) is 8.78 Å². The molecule has 0 radical (unpaired) electrons. The molecule has 0 heterocycles. The fourth-order valence-electron chi connectivity index (χ4n) is 1.01. The Morgan fingerprint density at radius 1 is 1.75 bits per heavy atom. The van der Waals surface area contributed by atoms with E-state index in [1.165, 1.54) is 0 Å². The quantitative estimate of drug-likeness (QED) is 0.464. The first-order valence-corrected chi connectivity index (χ1v) is 3.56. The Morgan fingerprint density at radius 3 is 2.75 bits per heavy atom. The number of ether oxygens (including phenoxy) is 1. The van der Waals surface area contributed by atoms with Crippen LogP contribution >= 0.6 is 0 Å². The highest BCUT2D eigenvalue weighted by Gasteiger charge is 2.53. The van der Waals surface area contributed by atoms with E-state index < -0.39 is 17.8 Å². The van der Waals surface area contributed by atoms with Crippen molar-refractivity contribution in [1.29, 1.82) is 0 Å². The first-order chi connectivity index (χ1) is 5.58. The number of hydrogen-bond acceptors (Lipinski definition) is 2. The zero-order valence-electron chi connectivity index (χ0n) is 6.35. The van der Waals surface area contributed by atoms with E-state index in [1.807, 2.05) is 5.92 Å². The summed E-state index contributed by atoms with van der Waals surface area (Å²) in [5.41, 5.74) is 0. The van der Waals surface area contributed by atoms with Gasteiger partial charge in [-0.15, -0.1) is 6.42 Å². The monoisotopic (exact) mass is 174 g/mol. The molecule has 0 aliphatic heterocycles. The van der Waals surface area contributed by atoms with Gasteiger partial charge in [0, 0.05) is 6.42 Å². The van der Waals surface area contributed by atoms with Crippen LogP contribution in [-0.4, -0.2) is 18.5 Å². The van der Waals surface area contributed by atoms with Crippen LogP contribution in [0.15, 0.2) is 0 Å². The highest BCUT2D eigenvalue weighted by atomic mass is 19.3. The summed E-state index contributed by atoms with van der Waals surface area (Å²) in [5.74, 6) is -3.00. The summed E-state index contributed by atoms with van der Waals surface area (Å²) in [6, 6.07) is 0. The molecule has 0 amide bonds. The van der Waals surface area contributed by atoms with Crippen LogP contribution in [-0.2, 0) is 9.53 Å². The fourth-order valence-corrected chi connectivity index (χ4v) is 1.01. The highest BCUT2D eigenvalue weighted by molar-refractivity contribution is 5.74. The molecule has 0 spiro atoms. The Labute approximate surface area is 68.9 Å². The normalized spacial score (nSPS) is 25.2. The van der Waals surface area contributed by atoms with Crippen LogP contribution in [0.2, 0.25) is 0 Å². The lowest BCUT2D eigenvalue weighted by Gasteiger charge is -2.33. The van der Waals surface area contributed by atoms with Crippen LogP contribution in [0.1, 0.15) is 12.8 Å². The SMILES string of the molecule is C#CCOC(=O)C1CCC1(F)F. The maximum absolute atomic E-state index is 12.5. The summed E-state index contributed by atoms with van der Waals surface area (Å²) < 4.78 is 29.4. The predicted octanol–water partition coefficient (Wildman–Crippen LogP) is 1.21. The molecule has 0 saturated heterocycles. The molecule has 66 valence electrons. The van der Waals surface area contributed by atoms with E-state index in [1.54, 1.807) is 0 Å². The third-order valence-electron chi connectivity index (χ3n) is 1.86. The van der Waals surface area contributed by atoms with Gasteiger partial charge in [0.05, 0.1) is 0 Å². The van der Waals surface area contributed by atoms with Crippen LogP contribution < -0.4 is 0 Å². The van der Waals surface area contributed by atoms with Crippen LogP contribution in [0.25, 0.3) is 0 Å². The second kappa shape index (κ2) is 3.10. The standard InChI is InChI=1S/C8H8F2O2/c1-2-5-12-7(11)6-3-4-8(6,9)10/h1,6H,3-5H2. The van der Waals surface area contributed by atoms with Gasteiger partial charge < -0.3 is 4.74 Å². The number of hydrogen-bond donors (Lipinski definition) is 0. The van der Waals surface area contributed by atoms with Crippen molar-refractivity contribution < 1.29 is 18.3 Å². The molecule has 2 nitrogen and oxygen atoms in total. The number of halogens is 2. The van der Waals surface area contributed by atoms with Crippen molar-refractivity contribution in [3.8, 4) is 12.3 Å². The van der Waals surface area contributed by atoms with Gasteiger partial charge in [0.1, 0.15) is 5.92 Å². The van der Waals surface area contributed by atoms with E-state index in [4.69, 9.17) is 6.42 Å². The number of terminal acetylenes is 1. The molecule has 1 fully saturated rings. The average Bonchev–Trinajstić information content (AvgIpc) is 1.99. The van der Waals surface area contributed by atoms with Crippen molar-refractivity contribution in [3.63, 3.8) is 0 Å². The summed E-state index contributed by atoms with van der Waals surface area (Å²) in [6.07, 6.45) is 4.75. The molecule has 0 N–H and O–H groups in total. The van der Waals surface area contributed by atoms with Gasteiger partial charge in [0.25, 0.3) is 5.92 Å². The third kappa shape index (κ3) is 1.55. The van der Waals surface area contributed by atoms with Gasteiger partial charge in [-0.3, -0.25) is 4.79 Å². The molecular weight excluding hydrogens is 166 g/mol. The van der Waals surface area contributed by atoms with E-state index in [9.17, 15) is 13.6 Å². The lowest BCUT2D eigenvalue weighted by atomic mass is 9.81. The Morgan fingerprint density at radius 2 is 2.42 bits per heavy atom. The molecule has 0 aromatic rings. The molecule has 12 heavy (non-hydrogen) atoms. The zero-order chi connectivity index (χ0) is 9.19. The van der Waals surface area contributed by atoms with E-state index >= 15 is 0 Å². The summed E-state index contributed by atoms with van der Waals surface area (Å²) in [6.45, 7) is -0.231. The number of carbonyl (C=O) groups is 1. The average molecular weight is 174 g/mol. The largest absolute Gasteiger partial charge is 0.452 e. The first-order valence-electron chi connectivity index (χ1n) is 3.56. The van der Waals surface area contributed by atoms with Crippen molar-refractivity contribution >= 4 is 5.97 Å². The first kappa shape index (κ1) is 8.98. The maximum atomic E-state index is 12.5. The van der Waals surface area contributed by atoms with Crippen molar-refractivity contribution in [2.24, 2.45) is 5.92 Å². The third-order valence-corrected chi connectivity index (χ3v) is 1.86. The molecule has 0 bridgehead atoms. The molecule has 0 aromatic heterocycles. The van der Waals surface area contributed by atoms with Crippen LogP contribution in [0.4, 0.5) is 8.78 Å². The molecule has 1 aliphatic rings. The van der Waals surface area contributed by atoms with Crippen molar-refractivity contribution in [2.45, 2.75) is 18.8 Å². The van der Waals surface area contributed by atoms with Crippen molar-refractivity contribution in [3.05, 3.63) is 0 Å². The molecule has 1 aliphatic carbocycles. The van der Waals surface area contributed by atoms with Crippen molar-refractivity contribution in [1.82, 2.24) is 0 Å². The minimum atomic E-state index is -2.88. The molecule has 1 rings (SSSR count). The lowest BCUT2D eigenvalue weighted by molar-refractivity contribution is -0.182. The van der Waals surface area contributed by atoms with E-state index in [0.717, 1.165) is 0 Å². The minimum Gasteiger partial charge on any atom is -0.452 e. The summed E-state index contributed by atoms with van der Waals surface area (Å²) in [4.78, 5) is 10.8. The Bertz CT molecular complexity index is 230. The molecule has 4 heteroatoms. The van der Waals surface area contributed by atoms with Gasteiger partial charge in [-0.05, 0) is 6.42 Å². The lowest BCUT2D eigenvalue weighted by Crippen LogP contribution is -2.44. The maximum Gasteiger partial charge on any atom is 0.316 e. The second-order valence-corrected chi connectivity index (χ2v) is 2.66. The van der Waals surface area contributed by atoms with Crippen LogP contribution in [0, 0.1) is 18.3 Å². The van der Waals surface area contributed by atoms with E-state index in [-0.39, 0.29) is 19.4 Å². The summed E-state index contributed by atoms with van der Waals surface area (Å²) in [7, 11) is 0. The van der Waals surface area contributed by atoms with Gasteiger partial charge >= 0.3 is 5.97 Å². The molecule has 1 saturated carbocycles. The van der Waals surface area contributed by atoms with E-state index in [0.29, 0.717) is 0 Å². The van der Waals surface area contributed by atoms with Gasteiger partial charge in [0.2, 0.25) is 0 Å². The molecule has 0 aromatic carbocycles. The van der Waals surface area contributed by atoms with Gasteiger partial charge in [-0.2, -0.15) is 0 Å². The minimum absolute atomic E-state index is 0.191. The van der Waals surface area contributed by atoms with Crippen LogP contribution in [0.3, 0.4) is 0 Å². The van der Waals surface area contributed by atoms with Gasteiger partial charge in [0.15, 0.2) is 6.61 Å². The van der Waals surface area contributed by atoms with Gasteiger partial charge in [-0.1, -0.05) is 5.92 Å². The highest BCUT2D eigenvalue weighted by Crippen LogP contribution is 2.43.